The van der Waals surface area contributed by atoms with Crippen LogP contribution in [-0.4, -0.2) is 28.1 Å². The zero-order chi connectivity index (χ0) is 22.3. The van der Waals surface area contributed by atoms with Gasteiger partial charge in [0.25, 0.3) is 17.5 Å². The van der Waals surface area contributed by atoms with Gasteiger partial charge in [0.1, 0.15) is 5.75 Å². The fourth-order valence-electron chi connectivity index (χ4n) is 3.11. The number of phenols is 1. The van der Waals surface area contributed by atoms with E-state index in [9.17, 15) is 24.8 Å². The molecular weight excluding hydrogens is 490 g/mol. The Kier molecular flexibility index (Phi) is 5.30. The zero-order valence-corrected chi connectivity index (χ0v) is 17.8. The molecule has 3 aromatic carbocycles. The van der Waals surface area contributed by atoms with E-state index >= 15 is 0 Å². The molecule has 4 rings (SSSR count). The summed E-state index contributed by atoms with van der Waals surface area (Å²) in [5, 5.41) is 21.3. The first kappa shape index (κ1) is 20.7. The monoisotopic (exact) mass is 499 g/mol. The smallest absolute Gasteiger partial charge is 0.271 e. The molecule has 2 amide bonds. The summed E-state index contributed by atoms with van der Waals surface area (Å²) in [6, 6.07) is 13.3. The van der Waals surface area contributed by atoms with Crippen LogP contribution in [0.1, 0.15) is 26.3 Å². The third-order valence-corrected chi connectivity index (χ3v) is 5.52. The number of nitro benzene ring substituents is 1. The lowest BCUT2D eigenvalue weighted by molar-refractivity contribution is -0.385. The minimum absolute atomic E-state index is 0.113. The predicted octanol–water partition coefficient (Wildman–Crippen LogP) is 5.27. The fourth-order valence-corrected chi connectivity index (χ4v) is 3.80. The molecule has 0 aromatic heterocycles. The first-order valence-electron chi connectivity index (χ1n) is 8.76. The SMILES string of the molecule is O=C1c2ccccc2C(=O)N1c1ccc(N=Cc2cc([N+](=O)[O-])cc(Br)c2O)c(Cl)c1. The maximum Gasteiger partial charge on any atom is 0.271 e. The highest BCUT2D eigenvalue weighted by atomic mass is 79.9. The average molecular weight is 501 g/mol. The topological polar surface area (TPSA) is 113 Å². The number of carbonyl (C=O) groups is 2. The van der Waals surface area contributed by atoms with Gasteiger partial charge in [0.15, 0.2) is 0 Å². The number of non-ortho nitro benzene ring substituents is 1. The van der Waals surface area contributed by atoms with Crippen LogP contribution in [0.3, 0.4) is 0 Å². The highest BCUT2D eigenvalue weighted by molar-refractivity contribution is 9.10. The number of nitrogens with zero attached hydrogens (tertiary/aromatic N) is 3. The molecule has 1 aliphatic heterocycles. The van der Waals surface area contributed by atoms with E-state index < -0.39 is 16.7 Å². The van der Waals surface area contributed by atoms with Gasteiger partial charge < -0.3 is 5.11 Å². The Balaban J connectivity index is 1.65. The Bertz CT molecular complexity index is 1270. The molecule has 0 unspecified atom stereocenters. The molecule has 0 atom stereocenters. The lowest BCUT2D eigenvalue weighted by Crippen LogP contribution is -2.29. The molecule has 0 fully saturated rings. The predicted molar refractivity (Wildman–Crippen MR) is 119 cm³/mol. The van der Waals surface area contributed by atoms with Gasteiger partial charge in [-0.05, 0) is 46.3 Å². The second-order valence-electron chi connectivity index (χ2n) is 6.51. The highest BCUT2D eigenvalue weighted by Gasteiger charge is 2.36. The van der Waals surface area contributed by atoms with Crippen LogP contribution in [-0.2, 0) is 0 Å². The van der Waals surface area contributed by atoms with Crippen molar-refractivity contribution < 1.29 is 19.6 Å². The van der Waals surface area contributed by atoms with Crippen LogP contribution in [0, 0.1) is 10.1 Å². The van der Waals surface area contributed by atoms with Crippen molar-refractivity contribution >= 4 is 62.6 Å². The number of imide groups is 1. The molecule has 10 heteroatoms. The van der Waals surface area contributed by atoms with Gasteiger partial charge in [-0.2, -0.15) is 0 Å². The lowest BCUT2D eigenvalue weighted by Gasteiger charge is -2.14. The summed E-state index contributed by atoms with van der Waals surface area (Å²) in [6.07, 6.45) is 1.23. The van der Waals surface area contributed by atoms with Crippen LogP contribution in [0.25, 0.3) is 0 Å². The normalized spacial score (nSPS) is 13.2. The van der Waals surface area contributed by atoms with Crippen molar-refractivity contribution in [2.75, 3.05) is 4.90 Å². The molecule has 1 N–H and O–H groups in total. The molecule has 0 bridgehead atoms. The molecule has 1 aliphatic rings. The average Bonchev–Trinajstić information content (AvgIpc) is 3.00. The van der Waals surface area contributed by atoms with Crippen molar-refractivity contribution in [3.05, 3.63) is 90.9 Å². The number of carbonyl (C=O) groups excluding carboxylic acids is 2. The number of hydrogen-bond acceptors (Lipinski definition) is 6. The van der Waals surface area contributed by atoms with E-state index in [2.05, 4.69) is 20.9 Å². The number of rotatable bonds is 4. The second kappa shape index (κ2) is 7.93. The molecular formula is C21H11BrClN3O5. The number of nitro groups is 1. The minimum Gasteiger partial charge on any atom is -0.506 e. The standard InChI is InChI=1S/C21H11BrClN3O5/c22-16-8-13(26(30)31)7-11(19(16)27)10-24-18-6-5-12(9-17(18)23)25-20(28)14-3-1-2-4-15(14)21(25)29/h1-10,27H. The summed E-state index contributed by atoms with van der Waals surface area (Å²) in [6.45, 7) is 0. The number of hydrogen-bond donors (Lipinski definition) is 1. The number of anilines is 1. The van der Waals surface area contributed by atoms with Gasteiger partial charge in [-0.25, -0.2) is 4.90 Å². The number of fused-ring (bicyclic) bond motifs is 1. The van der Waals surface area contributed by atoms with Gasteiger partial charge in [-0.15, -0.1) is 0 Å². The van der Waals surface area contributed by atoms with Crippen LogP contribution in [0.4, 0.5) is 17.1 Å². The number of amides is 2. The molecule has 8 nitrogen and oxygen atoms in total. The number of phenolic OH excluding ortho intramolecular Hbond substituents is 1. The molecule has 0 aliphatic carbocycles. The highest BCUT2D eigenvalue weighted by Crippen LogP contribution is 2.35. The quantitative estimate of drug-likeness (QED) is 0.227. The van der Waals surface area contributed by atoms with Crippen LogP contribution in [0.15, 0.2) is 64.1 Å². The van der Waals surface area contributed by atoms with E-state index in [1.54, 1.807) is 24.3 Å². The van der Waals surface area contributed by atoms with E-state index in [4.69, 9.17) is 11.6 Å². The molecule has 0 spiro atoms. The van der Waals surface area contributed by atoms with Crippen molar-refractivity contribution in [1.82, 2.24) is 0 Å². The Labute approximate surface area is 188 Å². The van der Waals surface area contributed by atoms with Crippen LogP contribution in [0.2, 0.25) is 5.02 Å². The van der Waals surface area contributed by atoms with Crippen molar-refractivity contribution in [2.45, 2.75) is 0 Å². The number of aromatic hydroxyl groups is 1. The Morgan fingerprint density at radius 3 is 2.29 bits per heavy atom. The number of aliphatic imine (C=N–C) groups is 1. The van der Waals surface area contributed by atoms with E-state index in [0.717, 1.165) is 4.90 Å². The van der Waals surface area contributed by atoms with Gasteiger partial charge in [0.2, 0.25) is 0 Å². The van der Waals surface area contributed by atoms with Crippen molar-refractivity contribution in [2.24, 2.45) is 4.99 Å². The second-order valence-corrected chi connectivity index (χ2v) is 7.77. The summed E-state index contributed by atoms with van der Waals surface area (Å²) in [7, 11) is 0. The first-order chi connectivity index (χ1) is 14.8. The van der Waals surface area contributed by atoms with Gasteiger partial charge in [0, 0.05) is 23.9 Å². The zero-order valence-electron chi connectivity index (χ0n) is 15.5. The molecule has 31 heavy (non-hydrogen) atoms. The summed E-state index contributed by atoms with van der Waals surface area (Å²) in [5.41, 5.74) is 1.09. The van der Waals surface area contributed by atoms with E-state index in [1.165, 1.54) is 36.5 Å². The van der Waals surface area contributed by atoms with Gasteiger partial charge in [-0.1, -0.05) is 23.7 Å². The van der Waals surface area contributed by atoms with Crippen molar-refractivity contribution in [3.63, 3.8) is 0 Å². The Morgan fingerprint density at radius 1 is 1.06 bits per heavy atom. The Morgan fingerprint density at radius 2 is 1.71 bits per heavy atom. The van der Waals surface area contributed by atoms with E-state index in [0.29, 0.717) is 11.1 Å². The summed E-state index contributed by atoms with van der Waals surface area (Å²) in [4.78, 5) is 40.9. The molecule has 0 saturated heterocycles. The molecule has 0 saturated carbocycles. The lowest BCUT2D eigenvalue weighted by atomic mass is 10.1. The van der Waals surface area contributed by atoms with Crippen molar-refractivity contribution in [1.29, 1.82) is 0 Å². The maximum absolute atomic E-state index is 12.6. The van der Waals surface area contributed by atoms with E-state index in [-0.39, 0.29) is 37.9 Å². The Hall–Kier alpha value is -3.56. The molecule has 154 valence electrons. The van der Waals surface area contributed by atoms with Crippen LogP contribution >= 0.6 is 27.5 Å². The number of benzene rings is 3. The van der Waals surface area contributed by atoms with Crippen LogP contribution < -0.4 is 4.90 Å². The van der Waals surface area contributed by atoms with Gasteiger partial charge in [-0.3, -0.25) is 24.7 Å². The molecule has 0 radical (unpaired) electrons. The van der Waals surface area contributed by atoms with Gasteiger partial charge >= 0.3 is 0 Å². The molecule has 3 aromatic rings. The third-order valence-electron chi connectivity index (χ3n) is 4.61. The largest absolute Gasteiger partial charge is 0.506 e. The van der Waals surface area contributed by atoms with E-state index in [1.807, 2.05) is 0 Å². The van der Waals surface area contributed by atoms with Crippen molar-refractivity contribution in [3.8, 4) is 5.75 Å². The fraction of sp³-hybridized carbons (Fsp3) is 0. The maximum atomic E-state index is 12.6. The first-order valence-corrected chi connectivity index (χ1v) is 9.93. The summed E-state index contributed by atoms with van der Waals surface area (Å²) in [5.74, 6) is -1.10. The van der Waals surface area contributed by atoms with Crippen LogP contribution in [0.5, 0.6) is 5.75 Å². The minimum atomic E-state index is -0.592. The summed E-state index contributed by atoms with van der Waals surface area (Å²) >= 11 is 9.36. The third kappa shape index (κ3) is 3.69. The summed E-state index contributed by atoms with van der Waals surface area (Å²) < 4.78 is 0.148. The van der Waals surface area contributed by atoms with Gasteiger partial charge in [0.05, 0.1) is 36.9 Å². The number of halogens is 2. The molecule has 1 heterocycles.